The number of halogens is 3. The number of pyridine rings is 3. The second kappa shape index (κ2) is 28.7. The third-order valence-corrected chi connectivity index (χ3v) is 17.4. The predicted molar refractivity (Wildman–Crippen MR) is 361 cm³/mol. The van der Waals surface area contributed by atoms with Gasteiger partial charge in [-0.25, -0.2) is 13.2 Å². The van der Waals surface area contributed by atoms with E-state index in [-0.39, 0.29) is 59.7 Å². The van der Waals surface area contributed by atoms with Crippen molar-refractivity contribution in [3.8, 4) is 46.0 Å². The Morgan fingerprint density at radius 1 is 0.423 bits per heavy atom. The van der Waals surface area contributed by atoms with Gasteiger partial charge in [0.2, 0.25) is 0 Å². The summed E-state index contributed by atoms with van der Waals surface area (Å²) in [5.74, 6) is 2.80. The molecule has 6 heterocycles. The van der Waals surface area contributed by atoms with E-state index in [0.717, 1.165) is 77.9 Å². The van der Waals surface area contributed by atoms with E-state index in [2.05, 4.69) is 15.3 Å². The Morgan fingerprint density at radius 2 is 0.773 bits per heavy atom. The maximum Gasteiger partial charge on any atom is 0.258 e. The van der Waals surface area contributed by atoms with Crippen LogP contribution in [0.2, 0.25) is 0 Å². The number of hydrogen-bond acceptors (Lipinski definition) is 14. The summed E-state index contributed by atoms with van der Waals surface area (Å²) in [6.07, 6.45) is 6.94. The first kappa shape index (κ1) is 65.6. The molecule has 3 aromatic heterocycles. The maximum absolute atomic E-state index is 13.3. The number of nitrogens with one attached hydrogen (secondary N) is 1. The number of nitrogens with zero attached hydrogens (tertiary/aromatic N) is 5. The molecule has 0 saturated heterocycles. The van der Waals surface area contributed by atoms with Gasteiger partial charge >= 0.3 is 0 Å². The van der Waals surface area contributed by atoms with E-state index >= 15 is 0 Å². The first-order chi connectivity index (χ1) is 47.1. The number of ether oxygens (including phenoxy) is 7. The molecule has 14 rings (SSSR count). The van der Waals surface area contributed by atoms with Crippen molar-refractivity contribution in [2.45, 2.75) is 66.0 Å². The fraction of sp³-hybridized carbons (Fsp3) is 0.221. The van der Waals surface area contributed by atoms with E-state index in [1.54, 1.807) is 100 Å². The van der Waals surface area contributed by atoms with E-state index in [9.17, 15) is 32.7 Å². The second-order valence-electron chi connectivity index (χ2n) is 23.4. The molecular weight excluding hydrogens is 1240 g/mol. The Hall–Kier alpha value is -11.4. The third-order valence-electron chi connectivity index (χ3n) is 17.4. The van der Waals surface area contributed by atoms with Gasteiger partial charge in [0.25, 0.3) is 17.7 Å². The minimum Gasteiger partial charge on any atom is -0.505 e. The Labute approximate surface area is 557 Å². The number of hydrogen-bond donors (Lipinski definition) is 2. The van der Waals surface area contributed by atoms with Gasteiger partial charge in [-0.15, -0.1) is 0 Å². The van der Waals surface area contributed by atoms with Crippen molar-refractivity contribution in [3.05, 3.63) is 253 Å². The molecule has 0 saturated carbocycles. The van der Waals surface area contributed by atoms with Gasteiger partial charge in [-0.05, 0) is 156 Å². The van der Waals surface area contributed by atoms with Crippen LogP contribution in [-0.4, -0.2) is 96.2 Å². The fourth-order valence-electron chi connectivity index (χ4n) is 12.5. The van der Waals surface area contributed by atoms with Crippen molar-refractivity contribution in [2.75, 3.05) is 48.6 Å². The van der Waals surface area contributed by atoms with Crippen LogP contribution in [0.25, 0.3) is 32.7 Å². The highest BCUT2D eigenvalue weighted by atomic mass is 19.1. The molecule has 3 aliphatic rings. The largest absolute Gasteiger partial charge is 0.505 e. The van der Waals surface area contributed by atoms with Crippen LogP contribution < -0.4 is 38.5 Å². The number of benzene rings is 8. The van der Waals surface area contributed by atoms with Gasteiger partial charge in [0.15, 0.2) is 17.2 Å². The molecule has 0 spiro atoms. The maximum atomic E-state index is 13.3. The minimum atomic E-state index is -0.275. The van der Waals surface area contributed by atoms with Crippen LogP contribution >= 0.6 is 0 Å². The molecule has 17 nitrogen and oxygen atoms in total. The van der Waals surface area contributed by atoms with Crippen molar-refractivity contribution in [1.29, 1.82) is 0 Å². The van der Waals surface area contributed by atoms with E-state index in [1.807, 2.05) is 80.6 Å². The SMILES string of the molecule is CCN1Cc2c(c(O)c3ncc(Cc4ccc(F)cc4)cc3c2OC)C1=O.CCN1Cc2c(c(OCc3ccc(OC)cc3)c3ncc(Cc4ccc(F)cc4)cc3c2OC)C1=O.COc1ccc(COc2c3c(c(OC)c4cc(Cc5ccc(F)cc5)cnc24)CNC3=O)cc1. The van der Waals surface area contributed by atoms with Crippen molar-refractivity contribution in [3.63, 3.8) is 0 Å². The van der Waals surface area contributed by atoms with Gasteiger partial charge in [-0.3, -0.25) is 29.3 Å². The highest BCUT2D eigenvalue weighted by Gasteiger charge is 2.38. The van der Waals surface area contributed by atoms with Crippen molar-refractivity contribution in [2.24, 2.45) is 0 Å². The quantitative estimate of drug-likeness (QED) is 0.0776. The summed E-state index contributed by atoms with van der Waals surface area (Å²) >= 11 is 0. The second-order valence-corrected chi connectivity index (χ2v) is 23.4. The van der Waals surface area contributed by atoms with Gasteiger partial charge in [0, 0.05) is 71.1 Å². The number of aromatic hydroxyl groups is 1. The smallest absolute Gasteiger partial charge is 0.258 e. The molecule has 0 atom stereocenters. The Morgan fingerprint density at radius 3 is 1.16 bits per heavy atom. The zero-order valence-electron chi connectivity index (χ0n) is 54.5. The molecule has 11 aromatic rings. The van der Waals surface area contributed by atoms with Crippen LogP contribution in [-0.2, 0) is 52.1 Å². The van der Waals surface area contributed by atoms with Crippen molar-refractivity contribution in [1.82, 2.24) is 30.1 Å². The van der Waals surface area contributed by atoms with Gasteiger partial charge in [-0.2, -0.15) is 0 Å². The topological polar surface area (TPSA) is 193 Å². The molecule has 8 aromatic carbocycles. The summed E-state index contributed by atoms with van der Waals surface area (Å²) < 4.78 is 79.9. The molecule has 3 aliphatic heterocycles. The molecule has 97 heavy (non-hydrogen) atoms. The lowest BCUT2D eigenvalue weighted by atomic mass is 9.99. The van der Waals surface area contributed by atoms with Crippen LogP contribution in [0.4, 0.5) is 13.2 Å². The Balaban J connectivity index is 0.000000140. The summed E-state index contributed by atoms with van der Waals surface area (Å²) in [5.41, 5.74) is 12.5. The molecule has 20 heteroatoms. The lowest BCUT2D eigenvalue weighted by Gasteiger charge is -2.17. The van der Waals surface area contributed by atoms with Gasteiger partial charge in [-0.1, -0.05) is 60.7 Å². The molecular formula is C77H69F3N6O11. The molecule has 0 radical (unpaired) electrons. The first-order valence-electron chi connectivity index (χ1n) is 31.5. The standard InChI is InChI=1S/C29H27FN2O4.C27H23FN2O4.C21H19FN2O3/c1-4-32-16-24-25(29(32)33)28(36-17-19-7-11-22(34-2)12-8-19)26-23(27(24)35-3)14-20(15-31-26)13-18-5-9-21(30)10-6-18;1-32-20-9-5-17(6-10-20)15-34-26-23-22(14-30-27(23)31)25(33-2)21-12-18(13-29-24(21)26)11-16-3-7-19(28)8-4-16;1-3-24-11-16-17(21(24)26)19(25)18-15(20(16)27-2)9-13(10-23-18)8-12-4-6-14(22)7-5-12/h5-12,14-15H,4,13,16-17H2,1-3H3;3-10,12-13H,11,14-15H2,1-2H3,(H,30,31);4-7,9-10,25H,3,8,11H2,1-2H3. The van der Waals surface area contributed by atoms with Crippen LogP contribution in [0.3, 0.4) is 0 Å². The lowest BCUT2D eigenvalue weighted by molar-refractivity contribution is 0.0776. The van der Waals surface area contributed by atoms with Crippen LogP contribution in [0.5, 0.6) is 46.0 Å². The van der Waals surface area contributed by atoms with E-state index in [1.165, 1.54) is 36.4 Å². The van der Waals surface area contributed by atoms with E-state index in [4.69, 9.17) is 38.1 Å². The predicted octanol–water partition coefficient (Wildman–Crippen LogP) is 14.0. The van der Waals surface area contributed by atoms with Crippen molar-refractivity contribution < 1.29 is 65.8 Å². The molecule has 2 N–H and O–H groups in total. The van der Waals surface area contributed by atoms with Gasteiger partial charge in [0.1, 0.15) is 76.0 Å². The number of methoxy groups -OCH3 is 5. The number of phenols is 1. The molecule has 0 fully saturated rings. The Kier molecular flexibility index (Phi) is 19.4. The lowest BCUT2D eigenvalue weighted by Crippen LogP contribution is -2.23. The molecule has 0 unspecified atom stereocenters. The third kappa shape index (κ3) is 13.5. The van der Waals surface area contributed by atoms with Crippen LogP contribution in [0.1, 0.15) is 106 Å². The molecule has 0 aliphatic carbocycles. The summed E-state index contributed by atoms with van der Waals surface area (Å²) in [7, 11) is 7.99. The molecule has 0 bridgehead atoms. The fourth-order valence-corrected chi connectivity index (χ4v) is 12.5. The van der Waals surface area contributed by atoms with Crippen LogP contribution in [0.15, 0.2) is 158 Å². The molecule has 494 valence electrons. The highest BCUT2D eigenvalue weighted by molar-refractivity contribution is 6.11. The number of phenolic OH excluding ortho intramolecular Hbond substituents is 1. The average Bonchev–Trinajstić information content (AvgIpc) is 1.65. The van der Waals surface area contributed by atoms with Gasteiger partial charge < -0.3 is 53.4 Å². The number of fused-ring (bicyclic) bond motifs is 6. The number of carbonyl (C=O) groups is 3. The zero-order valence-corrected chi connectivity index (χ0v) is 54.5. The van der Waals surface area contributed by atoms with Crippen LogP contribution in [0, 0.1) is 17.5 Å². The minimum absolute atomic E-state index is 0.0883. The summed E-state index contributed by atoms with van der Waals surface area (Å²) in [6.45, 7) is 6.72. The van der Waals surface area contributed by atoms with E-state index < -0.39 is 0 Å². The summed E-state index contributed by atoms with van der Waals surface area (Å²) in [6, 6.07) is 40.2. The monoisotopic (exact) mass is 1310 g/mol. The Bertz CT molecular complexity index is 4790. The molecule has 3 amide bonds. The zero-order chi connectivity index (χ0) is 68.0. The number of aromatic nitrogens is 3. The average molecular weight is 1310 g/mol. The summed E-state index contributed by atoms with van der Waals surface area (Å²) in [5, 5.41) is 15.8. The highest BCUT2D eigenvalue weighted by Crippen LogP contribution is 2.47. The van der Waals surface area contributed by atoms with E-state index in [0.29, 0.717) is 119 Å². The number of amides is 3. The summed E-state index contributed by atoms with van der Waals surface area (Å²) in [4.78, 5) is 55.8. The normalized spacial score (nSPS) is 12.7. The first-order valence-corrected chi connectivity index (χ1v) is 31.5. The number of rotatable bonds is 19. The number of carbonyl (C=O) groups excluding carboxylic acids is 3. The van der Waals surface area contributed by atoms with Gasteiger partial charge in [0.05, 0.1) is 65.3 Å². The van der Waals surface area contributed by atoms with Crippen molar-refractivity contribution >= 4 is 50.4 Å².